The van der Waals surface area contributed by atoms with Crippen LogP contribution in [0.3, 0.4) is 0 Å². The van der Waals surface area contributed by atoms with Gasteiger partial charge in [-0.15, -0.1) is 0 Å². The van der Waals surface area contributed by atoms with Gasteiger partial charge in [-0.1, -0.05) is 12.5 Å². The lowest BCUT2D eigenvalue weighted by molar-refractivity contribution is 0.427. The highest BCUT2D eigenvalue weighted by Gasteiger charge is 2.15. The van der Waals surface area contributed by atoms with Crippen LogP contribution in [0.4, 0.5) is 0 Å². The lowest BCUT2D eigenvalue weighted by Crippen LogP contribution is -2.38. The third-order valence-electron chi connectivity index (χ3n) is 2.83. The molecule has 1 fully saturated rings. The second kappa shape index (κ2) is 6.11. The molecule has 3 nitrogen and oxygen atoms in total. The summed E-state index contributed by atoms with van der Waals surface area (Å²) < 4.78 is 11.9. The van der Waals surface area contributed by atoms with Crippen LogP contribution in [0.15, 0.2) is 24.4 Å². The van der Waals surface area contributed by atoms with Gasteiger partial charge in [0.15, 0.2) is 0 Å². The minimum Gasteiger partial charge on any atom is -0.313 e. The smallest absolute Gasteiger partial charge is 0.0659 e. The van der Waals surface area contributed by atoms with Gasteiger partial charge in [-0.25, -0.2) is 0 Å². The summed E-state index contributed by atoms with van der Waals surface area (Å²) in [6.45, 7) is 1.07. The zero-order valence-corrected chi connectivity index (χ0v) is 10.2. The van der Waals surface area contributed by atoms with Crippen molar-refractivity contribution in [2.24, 2.45) is 0 Å². The third-order valence-corrected chi connectivity index (χ3v) is 4.23. The van der Waals surface area contributed by atoms with Gasteiger partial charge in [0.1, 0.15) is 0 Å². The molecule has 1 aliphatic heterocycles. The molecule has 0 aliphatic carbocycles. The van der Waals surface area contributed by atoms with Gasteiger partial charge < -0.3 is 5.32 Å². The van der Waals surface area contributed by atoms with E-state index in [2.05, 4.69) is 10.3 Å². The zero-order valence-electron chi connectivity index (χ0n) is 9.39. The highest BCUT2D eigenvalue weighted by molar-refractivity contribution is 7.84. The predicted octanol–water partition coefficient (Wildman–Crippen LogP) is 1.47. The van der Waals surface area contributed by atoms with Crippen LogP contribution >= 0.6 is 0 Å². The van der Waals surface area contributed by atoms with E-state index in [-0.39, 0.29) is 0 Å². The van der Waals surface area contributed by atoms with Crippen molar-refractivity contribution >= 4 is 10.8 Å². The van der Waals surface area contributed by atoms with E-state index in [0.29, 0.717) is 11.8 Å². The molecule has 2 heterocycles. The van der Waals surface area contributed by atoms with E-state index in [1.165, 1.54) is 12.8 Å². The van der Waals surface area contributed by atoms with Crippen LogP contribution in [-0.2, 0) is 16.6 Å². The van der Waals surface area contributed by atoms with Gasteiger partial charge in [0.05, 0.1) is 11.4 Å². The van der Waals surface area contributed by atoms with E-state index in [4.69, 9.17) is 0 Å². The number of pyridine rings is 1. The van der Waals surface area contributed by atoms with Crippen LogP contribution in [0, 0.1) is 0 Å². The molecule has 2 unspecified atom stereocenters. The van der Waals surface area contributed by atoms with Gasteiger partial charge >= 0.3 is 0 Å². The number of rotatable bonds is 4. The average molecular weight is 238 g/mol. The molecule has 88 valence electrons. The van der Waals surface area contributed by atoms with Crippen molar-refractivity contribution in [2.75, 3.05) is 12.3 Å². The Balaban J connectivity index is 1.80. The third kappa shape index (κ3) is 3.68. The van der Waals surface area contributed by atoms with Gasteiger partial charge in [-0.2, -0.15) is 0 Å². The maximum atomic E-state index is 11.9. The maximum absolute atomic E-state index is 11.9. The van der Waals surface area contributed by atoms with Gasteiger partial charge in [0.25, 0.3) is 0 Å². The highest BCUT2D eigenvalue weighted by atomic mass is 32.2. The van der Waals surface area contributed by atoms with Crippen molar-refractivity contribution in [3.8, 4) is 0 Å². The van der Waals surface area contributed by atoms with Crippen LogP contribution in [0.2, 0.25) is 0 Å². The first-order valence-electron chi connectivity index (χ1n) is 5.83. The Labute approximate surface area is 99.1 Å². The van der Waals surface area contributed by atoms with E-state index >= 15 is 0 Å². The largest absolute Gasteiger partial charge is 0.313 e. The summed E-state index contributed by atoms with van der Waals surface area (Å²) in [6.07, 6.45) is 5.43. The van der Waals surface area contributed by atoms with Crippen LogP contribution < -0.4 is 5.32 Å². The first kappa shape index (κ1) is 11.7. The Morgan fingerprint density at radius 3 is 3.06 bits per heavy atom. The van der Waals surface area contributed by atoms with E-state index in [0.717, 1.165) is 24.4 Å². The summed E-state index contributed by atoms with van der Waals surface area (Å²) in [5.41, 5.74) is 0.927. The Morgan fingerprint density at radius 1 is 1.44 bits per heavy atom. The standard InChI is InChI=1S/C12H18N2OS/c15-16(9-11-5-1-3-7-13-11)10-12-6-2-4-8-14-12/h1,3,5,7,12,14H,2,4,6,8-10H2. The topological polar surface area (TPSA) is 42.0 Å². The van der Waals surface area contributed by atoms with E-state index in [1.54, 1.807) is 6.20 Å². The summed E-state index contributed by atoms with van der Waals surface area (Å²) >= 11 is 0. The minimum atomic E-state index is -0.794. The molecule has 0 aromatic carbocycles. The van der Waals surface area contributed by atoms with Gasteiger partial charge in [-0.3, -0.25) is 9.19 Å². The summed E-state index contributed by atoms with van der Waals surface area (Å²) in [5, 5.41) is 3.42. The summed E-state index contributed by atoms with van der Waals surface area (Å²) in [7, 11) is -0.794. The van der Waals surface area contributed by atoms with Crippen molar-refractivity contribution in [1.29, 1.82) is 0 Å². The van der Waals surface area contributed by atoms with Crippen molar-refractivity contribution in [3.05, 3.63) is 30.1 Å². The number of hydrogen-bond acceptors (Lipinski definition) is 3. The zero-order chi connectivity index (χ0) is 11.2. The van der Waals surface area contributed by atoms with Gasteiger partial charge in [0.2, 0.25) is 0 Å². The Morgan fingerprint density at radius 2 is 2.38 bits per heavy atom. The number of piperidine rings is 1. The SMILES string of the molecule is O=S(Cc1ccccn1)CC1CCCCN1. The van der Waals surface area contributed by atoms with Crippen molar-refractivity contribution < 1.29 is 4.21 Å². The molecule has 1 aromatic heterocycles. The number of nitrogens with zero attached hydrogens (tertiary/aromatic N) is 1. The average Bonchev–Trinajstić information content (AvgIpc) is 2.31. The molecule has 0 amide bonds. The Bertz CT molecular complexity index is 336. The Kier molecular flexibility index (Phi) is 4.48. The Hall–Kier alpha value is -0.740. The lowest BCUT2D eigenvalue weighted by Gasteiger charge is -2.22. The normalized spacial score (nSPS) is 22.9. The number of nitrogens with one attached hydrogen (secondary N) is 1. The summed E-state index contributed by atoms with van der Waals surface area (Å²) in [4.78, 5) is 4.20. The van der Waals surface area contributed by atoms with E-state index < -0.39 is 10.8 Å². The molecule has 1 aromatic rings. The monoisotopic (exact) mass is 238 g/mol. The fourth-order valence-electron chi connectivity index (χ4n) is 2.00. The van der Waals surface area contributed by atoms with Crippen molar-refractivity contribution in [1.82, 2.24) is 10.3 Å². The molecule has 1 N–H and O–H groups in total. The molecule has 0 spiro atoms. The van der Waals surface area contributed by atoms with E-state index in [9.17, 15) is 4.21 Å². The fourth-order valence-corrected chi connectivity index (χ4v) is 3.35. The van der Waals surface area contributed by atoms with Gasteiger partial charge in [0, 0.05) is 28.8 Å². The molecular weight excluding hydrogens is 220 g/mol. The minimum absolute atomic E-state index is 0.443. The van der Waals surface area contributed by atoms with Crippen molar-refractivity contribution in [3.63, 3.8) is 0 Å². The quantitative estimate of drug-likeness (QED) is 0.864. The molecule has 0 bridgehead atoms. The second-order valence-electron chi connectivity index (χ2n) is 4.22. The van der Waals surface area contributed by atoms with Crippen LogP contribution in [0.5, 0.6) is 0 Å². The second-order valence-corrected chi connectivity index (χ2v) is 5.72. The molecule has 2 rings (SSSR count). The predicted molar refractivity (Wildman–Crippen MR) is 66.6 cm³/mol. The van der Waals surface area contributed by atoms with Crippen LogP contribution in [-0.4, -0.2) is 27.5 Å². The molecule has 0 radical (unpaired) electrons. The maximum Gasteiger partial charge on any atom is 0.0659 e. The highest BCUT2D eigenvalue weighted by Crippen LogP contribution is 2.09. The molecule has 1 aliphatic rings. The summed E-state index contributed by atoms with van der Waals surface area (Å²) in [6, 6.07) is 6.21. The molecule has 16 heavy (non-hydrogen) atoms. The van der Waals surface area contributed by atoms with Crippen LogP contribution in [0.25, 0.3) is 0 Å². The molecule has 4 heteroatoms. The molecule has 2 atom stereocenters. The number of hydrogen-bond donors (Lipinski definition) is 1. The number of aromatic nitrogens is 1. The lowest BCUT2D eigenvalue weighted by atomic mass is 10.1. The fraction of sp³-hybridized carbons (Fsp3) is 0.583. The summed E-state index contributed by atoms with van der Waals surface area (Å²) in [5.74, 6) is 1.34. The van der Waals surface area contributed by atoms with Gasteiger partial charge in [-0.05, 0) is 31.5 Å². The molecule has 0 saturated carbocycles. The van der Waals surface area contributed by atoms with E-state index in [1.807, 2.05) is 18.2 Å². The first-order chi connectivity index (χ1) is 7.84. The first-order valence-corrected chi connectivity index (χ1v) is 7.31. The van der Waals surface area contributed by atoms with Crippen LogP contribution in [0.1, 0.15) is 25.0 Å². The molecule has 1 saturated heterocycles. The van der Waals surface area contributed by atoms with Crippen molar-refractivity contribution in [2.45, 2.75) is 31.1 Å². The molecular formula is C12H18N2OS.